The largest absolute Gasteiger partial charge is 0.340 e. The fourth-order valence-electron chi connectivity index (χ4n) is 2.26. The van der Waals surface area contributed by atoms with E-state index in [1.54, 1.807) is 36.4 Å². The van der Waals surface area contributed by atoms with Crippen molar-refractivity contribution in [2.24, 2.45) is 0 Å². The minimum Gasteiger partial charge on any atom is -0.340 e. The van der Waals surface area contributed by atoms with E-state index in [9.17, 15) is 9.18 Å². The van der Waals surface area contributed by atoms with Crippen LogP contribution in [0.4, 0.5) is 21.6 Å². The molecule has 25 heavy (non-hydrogen) atoms. The summed E-state index contributed by atoms with van der Waals surface area (Å²) < 4.78 is 13.7. The van der Waals surface area contributed by atoms with E-state index >= 15 is 0 Å². The summed E-state index contributed by atoms with van der Waals surface area (Å²) in [4.78, 5) is 16.5. The second-order valence-corrected chi connectivity index (χ2v) is 5.88. The number of benzene rings is 2. The summed E-state index contributed by atoms with van der Waals surface area (Å²) in [5.41, 5.74) is 2.28. The third-order valence-corrected chi connectivity index (χ3v) is 3.84. The van der Waals surface area contributed by atoms with Gasteiger partial charge in [-0.1, -0.05) is 29.8 Å². The molecule has 6 heteroatoms. The highest BCUT2D eigenvalue weighted by molar-refractivity contribution is 6.30. The predicted molar refractivity (Wildman–Crippen MR) is 98.1 cm³/mol. The Kier molecular flexibility index (Phi) is 4.95. The van der Waals surface area contributed by atoms with E-state index in [2.05, 4.69) is 15.6 Å². The Morgan fingerprint density at radius 3 is 2.68 bits per heavy atom. The molecule has 2 aromatic carbocycles. The maximum atomic E-state index is 13.7. The zero-order chi connectivity index (χ0) is 17.8. The molecule has 0 aliphatic heterocycles. The molecule has 0 radical (unpaired) electrons. The number of anilines is 3. The Balaban J connectivity index is 1.80. The van der Waals surface area contributed by atoms with Crippen molar-refractivity contribution in [2.75, 3.05) is 10.6 Å². The highest BCUT2D eigenvalue weighted by Crippen LogP contribution is 2.24. The van der Waals surface area contributed by atoms with Crippen LogP contribution in [0, 0.1) is 12.7 Å². The number of pyridine rings is 1. The minimum atomic E-state index is -0.488. The topological polar surface area (TPSA) is 54.0 Å². The molecule has 0 spiro atoms. The standard InChI is InChI=1S/C19H15ClFN3O/c1-12-6-7-14(20)11-17(12)23-18-10-13(8-9-22-18)19(25)24-16-5-3-2-4-15(16)21/h2-11H,1H3,(H,22,23)(H,24,25). The van der Waals surface area contributed by atoms with Gasteiger partial charge in [-0.05, 0) is 48.9 Å². The normalized spacial score (nSPS) is 10.4. The molecule has 1 heterocycles. The van der Waals surface area contributed by atoms with Crippen LogP contribution in [0.15, 0.2) is 60.8 Å². The van der Waals surface area contributed by atoms with Crippen molar-refractivity contribution in [3.05, 3.63) is 82.8 Å². The number of rotatable bonds is 4. The number of para-hydroxylation sites is 1. The zero-order valence-electron chi connectivity index (χ0n) is 13.4. The average Bonchev–Trinajstić information content (AvgIpc) is 2.60. The van der Waals surface area contributed by atoms with Crippen LogP contribution in [0.25, 0.3) is 0 Å². The van der Waals surface area contributed by atoms with E-state index in [0.29, 0.717) is 16.4 Å². The molecule has 0 aliphatic carbocycles. The summed E-state index contributed by atoms with van der Waals surface area (Å²) in [6.07, 6.45) is 1.51. The second-order valence-electron chi connectivity index (χ2n) is 5.45. The van der Waals surface area contributed by atoms with Gasteiger partial charge >= 0.3 is 0 Å². The van der Waals surface area contributed by atoms with Crippen LogP contribution in [0.3, 0.4) is 0 Å². The summed E-state index contributed by atoms with van der Waals surface area (Å²) in [7, 11) is 0. The minimum absolute atomic E-state index is 0.129. The number of aromatic nitrogens is 1. The average molecular weight is 356 g/mol. The highest BCUT2D eigenvalue weighted by Gasteiger charge is 2.10. The van der Waals surface area contributed by atoms with Gasteiger partial charge < -0.3 is 10.6 Å². The van der Waals surface area contributed by atoms with Crippen LogP contribution in [0.1, 0.15) is 15.9 Å². The Morgan fingerprint density at radius 2 is 1.88 bits per heavy atom. The summed E-state index contributed by atoms with van der Waals surface area (Å²) in [5, 5.41) is 6.28. The summed E-state index contributed by atoms with van der Waals surface area (Å²) in [5.74, 6) is -0.414. The van der Waals surface area contributed by atoms with Crippen molar-refractivity contribution in [2.45, 2.75) is 6.92 Å². The van der Waals surface area contributed by atoms with Crippen molar-refractivity contribution in [3.8, 4) is 0 Å². The van der Waals surface area contributed by atoms with Gasteiger partial charge in [0.1, 0.15) is 11.6 Å². The van der Waals surface area contributed by atoms with E-state index < -0.39 is 11.7 Å². The van der Waals surface area contributed by atoms with Crippen LogP contribution < -0.4 is 10.6 Å². The summed E-state index contributed by atoms with van der Waals surface area (Å²) in [6.45, 7) is 1.94. The highest BCUT2D eigenvalue weighted by atomic mass is 35.5. The zero-order valence-corrected chi connectivity index (χ0v) is 14.1. The molecule has 1 aromatic heterocycles. The number of nitrogens with one attached hydrogen (secondary N) is 2. The first-order chi connectivity index (χ1) is 12.0. The van der Waals surface area contributed by atoms with Crippen LogP contribution >= 0.6 is 11.6 Å². The van der Waals surface area contributed by atoms with Gasteiger partial charge in [-0.15, -0.1) is 0 Å². The molecule has 0 fully saturated rings. The number of halogens is 2. The van der Waals surface area contributed by atoms with Gasteiger partial charge in [-0.25, -0.2) is 9.37 Å². The lowest BCUT2D eigenvalue weighted by Crippen LogP contribution is -2.13. The van der Waals surface area contributed by atoms with Gasteiger partial charge in [-0.3, -0.25) is 4.79 Å². The molecule has 0 atom stereocenters. The second kappa shape index (κ2) is 7.32. The van der Waals surface area contributed by atoms with Crippen molar-refractivity contribution >= 4 is 34.7 Å². The SMILES string of the molecule is Cc1ccc(Cl)cc1Nc1cc(C(=O)Nc2ccccc2F)ccn1. The lowest BCUT2D eigenvalue weighted by molar-refractivity contribution is 0.102. The van der Waals surface area contributed by atoms with Gasteiger partial charge in [-0.2, -0.15) is 0 Å². The molecule has 0 saturated heterocycles. The number of aryl methyl sites for hydroxylation is 1. The molecule has 1 amide bonds. The van der Waals surface area contributed by atoms with Crippen molar-refractivity contribution in [3.63, 3.8) is 0 Å². The van der Waals surface area contributed by atoms with Gasteiger partial charge in [0.25, 0.3) is 5.91 Å². The lowest BCUT2D eigenvalue weighted by Gasteiger charge is -2.11. The fraction of sp³-hybridized carbons (Fsp3) is 0.0526. The van der Waals surface area contributed by atoms with E-state index in [0.717, 1.165) is 11.3 Å². The molecular weight excluding hydrogens is 341 g/mol. The number of nitrogens with zero attached hydrogens (tertiary/aromatic N) is 1. The molecule has 0 bridgehead atoms. The first kappa shape index (κ1) is 16.9. The van der Waals surface area contributed by atoms with Crippen LogP contribution in [-0.4, -0.2) is 10.9 Å². The first-order valence-corrected chi connectivity index (χ1v) is 7.96. The fourth-order valence-corrected chi connectivity index (χ4v) is 2.44. The van der Waals surface area contributed by atoms with Crippen molar-refractivity contribution < 1.29 is 9.18 Å². The van der Waals surface area contributed by atoms with Gasteiger partial charge in [0.05, 0.1) is 5.69 Å². The quantitative estimate of drug-likeness (QED) is 0.678. The molecule has 3 rings (SSSR count). The Morgan fingerprint density at radius 1 is 1.08 bits per heavy atom. The lowest BCUT2D eigenvalue weighted by atomic mass is 10.2. The molecule has 0 aliphatic rings. The number of amides is 1. The third kappa shape index (κ3) is 4.14. The molecule has 0 saturated carbocycles. The number of carbonyl (C=O) groups excluding carboxylic acids is 1. The predicted octanol–water partition coefficient (Wildman–Crippen LogP) is 5.18. The van der Waals surface area contributed by atoms with E-state index in [1.807, 2.05) is 13.0 Å². The molecule has 3 aromatic rings. The van der Waals surface area contributed by atoms with Crippen LogP contribution in [-0.2, 0) is 0 Å². The van der Waals surface area contributed by atoms with Crippen LogP contribution in [0.2, 0.25) is 5.02 Å². The number of carbonyl (C=O) groups is 1. The van der Waals surface area contributed by atoms with E-state index in [4.69, 9.17) is 11.6 Å². The van der Waals surface area contributed by atoms with E-state index in [1.165, 1.54) is 18.3 Å². The third-order valence-electron chi connectivity index (χ3n) is 3.61. The molecular formula is C19H15ClFN3O. The Bertz CT molecular complexity index is 930. The molecule has 0 unspecified atom stereocenters. The number of hydrogen-bond acceptors (Lipinski definition) is 3. The van der Waals surface area contributed by atoms with Gasteiger partial charge in [0.15, 0.2) is 0 Å². The van der Waals surface area contributed by atoms with Gasteiger partial charge in [0.2, 0.25) is 0 Å². The van der Waals surface area contributed by atoms with E-state index in [-0.39, 0.29) is 5.69 Å². The first-order valence-electron chi connectivity index (χ1n) is 7.58. The Labute approximate surface area is 149 Å². The van der Waals surface area contributed by atoms with Gasteiger partial charge in [0, 0.05) is 22.5 Å². The Hall–Kier alpha value is -2.92. The van der Waals surface area contributed by atoms with Crippen molar-refractivity contribution in [1.29, 1.82) is 0 Å². The smallest absolute Gasteiger partial charge is 0.255 e. The maximum Gasteiger partial charge on any atom is 0.255 e. The van der Waals surface area contributed by atoms with Crippen LogP contribution in [0.5, 0.6) is 0 Å². The maximum absolute atomic E-state index is 13.7. The molecule has 4 nitrogen and oxygen atoms in total. The monoisotopic (exact) mass is 355 g/mol. The number of hydrogen-bond donors (Lipinski definition) is 2. The molecule has 126 valence electrons. The summed E-state index contributed by atoms with van der Waals surface area (Å²) in [6, 6.07) is 14.6. The molecule has 2 N–H and O–H groups in total. The summed E-state index contributed by atoms with van der Waals surface area (Å²) >= 11 is 6.01. The van der Waals surface area contributed by atoms with Crippen molar-refractivity contribution in [1.82, 2.24) is 4.98 Å².